The van der Waals surface area contributed by atoms with E-state index in [4.69, 9.17) is 10.2 Å². The lowest BCUT2D eigenvalue weighted by atomic mass is 10.7. The highest BCUT2D eigenvalue weighted by Gasteiger charge is 2.15. The number of carbonyl (C=O) groups is 1. The SMILES string of the molecule is CC(Br)SC(O)C(=O)O. The Hall–Kier alpha value is 0.260. The Bertz CT molecular complexity index is 106. The van der Waals surface area contributed by atoms with E-state index >= 15 is 0 Å². The van der Waals surface area contributed by atoms with E-state index in [9.17, 15) is 4.79 Å². The Morgan fingerprint density at radius 3 is 2.33 bits per heavy atom. The van der Waals surface area contributed by atoms with E-state index in [1.54, 1.807) is 6.92 Å². The van der Waals surface area contributed by atoms with E-state index in [0.29, 0.717) is 0 Å². The van der Waals surface area contributed by atoms with E-state index < -0.39 is 11.4 Å². The van der Waals surface area contributed by atoms with Crippen molar-refractivity contribution in [1.29, 1.82) is 0 Å². The van der Waals surface area contributed by atoms with Crippen LogP contribution in [0.15, 0.2) is 0 Å². The van der Waals surface area contributed by atoms with Gasteiger partial charge in [-0.2, -0.15) is 0 Å². The van der Waals surface area contributed by atoms with Gasteiger partial charge < -0.3 is 10.2 Å². The summed E-state index contributed by atoms with van der Waals surface area (Å²) in [5.74, 6) is -1.20. The lowest BCUT2D eigenvalue weighted by molar-refractivity contribution is -0.141. The van der Waals surface area contributed by atoms with E-state index in [1.165, 1.54) is 0 Å². The molecule has 5 heteroatoms. The summed E-state index contributed by atoms with van der Waals surface area (Å²) < 4.78 is -0.0383. The average Bonchev–Trinajstić information content (AvgIpc) is 1.63. The Morgan fingerprint density at radius 2 is 2.22 bits per heavy atom. The predicted octanol–water partition coefficient (Wildman–Crippen LogP) is 0.863. The molecule has 2 atom stereocenters. The van der Waals surface area contributed by atoms with Crippen LogP contribution in [0.25, 0.3) is 0 Å². The van der Waals surface area contributed by atoms with Crippen LogP contribution >= 0.6 is 27.7 Å². The Kier molecular flexibility index (Phi) is 4.26. The summed E-state index contributed by atoms with van der Waals surface area (Å²) in [5, 5.41) is 16.8. The number of carboxylic acid groups (broad SMARTS) is 1. The van der Waals surface area contributed by atoms with Gasteiger partial charge in [0.2, 0.25) is 0 Å². The van der Waals surface area contributed by atoms with Crippen LogP contribution in [0.2, 0.25) is 0 Å². The second kappa shape index (κ2) is 4.14. The van der Waals surface area contributed by atoms with Gasteiger partial charge in [-0.1, -0.05) is 15.9 Å². The lowest BCUT2D eigenvalue weighted by Crippen LogP contribution is -2.16. The molecular weight excluding hydrogens is 208 g/mol. The number of aliphatic hydroxyl groups excluding tert-OH is 1. The zero-order chi connectivity index (χ0) is 7.44. The molecule has 0 aliphatic carbocycles. The fourth-order valence-corrected chi connectivity index (χ4v) is 1.32. The Balaban J connectivity index is 3.50. The van der Waals surface area contributed by atoms with Gasteiger partial charge in [-0.3, -0.25) is 0 Å². The van der Waals surface area contributed by atoms with Gasteiger partial charge in [0.25, 0.3) is 0 Å². The van der Waals surface area contributed by atoms with Crippen molar-refractivity contribution < 1.29 is 15.0 Å². The molecule has 0 bridgehead atoms. The number of aliphatic carboxylic acids is 1. The molecule has 0 spiro atoms. The van der Waals surface area contributed by atoms with Crippen LogP contribution in [0.4, 0.5) is 0 Å². The number of halogens is 1. The zero-order valence-corrected chi connectivity index (χ0v) is 7.15. The Labute approximate surface area is 65.6 Å². The maximum absolute atomic E-state index is 9.94. The molecule has 0 aromatic rings. The molecule has 3 nitrogen and oxygen atoms in total. The van der Waals surface area contributed by atoms with Gasteiger partial charge in [0.05, 0.1) is 4.16 Å². The van der Waals surface area contributed by atoms with Gasteiger partial charge >= 0.3 is 5.97 Å². The van der Waals surface area contributed by atoms with Gasteiger partial charge in [-0.15, -0.1) is 11.8 Å². The highest BCUT2D eigenvalue weighted by molar-refractivity contribution is 9.11. The summed E-state index contributed by atoms with van der Waals surface area (Å²) in [5.41, 5.74) is -1.32. The van der Waals surface area contributed by atoms with Crippen molar-refractivity contribution >= 4 is 33.7 Å². The van der Waals surface area contributed by atoms with Gasteiger partial charge in [-0.25, -0.2) is 4.79 Å². The molecule has 0 aliphatic rings. The molecular formula is C4H7BrO3S. The molecule has 2 unspecified atom stereocenters. The van der Waals surface area contributed by atoms with Crippen LogP contribution in [-0.2, 0) is 4.79 Å². The molecule has 0 heterocycles. The van der Waals surface area contributed by atoms with Crippen LogP contribution in [0, 0.1) is 0 Å². The van der Waals surface area contributed by atoms with Crippen LogP contribution in [-0.4, -0.2) is 25.8 Å². The van der Waals surface area contributed by atoms with E-state index in [2.05, 4.69) is 15.9 Å². The third kappa shape index (κ3) is 4.74. The third-order valence-electron chi connectivity index (χ3n) is 0.528. The topological polar surface area (TPSA) is 57.5 Å². The molecule has 0 amide bonds. The first-order valence-corrected chi connectivity index (χ1v) is 4.10. The predicted molar refractivity (Wildman–Crippen MR) is 39.6 cm³/mol. The second-order valence-corrected chi connectivity index (χ2v) is 4.78. The third-order valence-corrected chi connectivity index (χ3v) is 2.01. The monoisotopic (exact) mass is 214 g/mol. The molecule has 0 aliphatic heterocycles. The molecule has 0 saturated heterocycles. The number of hydrogen-bond acceptors (Lipinski definition) is 3. The first-order chi connectivity index (χ1) is 4.04. The second-order valence-electron chi connectivity index (χ2n) is 1.37. The van der Waals surface area contributed by atoms with Gasteiger partial charge in [0.1, 0.15) is 0 Å². The fraction of sp³-hybridized carbons (Fsp3) is 0.750. The first kappa shape index (κ1) is 9.26. The number of carboxylic acids is 1. The van der Waals surface area contributed by atoms with Crippen molar-refractivity contribution in [3.63, 3.8) is 0 Å². The van der Waals surface area contributed by atoms with Gasteiger partial charge in [0, 0.05) is 0 Å². The summed E-state index contributed by atoms with van der Waals surface area (Å²) >= 11 is 4.02. The van der Waals surface area contributed by atoms with Gasteiger partial charge in [0.15, 0.2) is 5.44 Å². The van der Waals surface area contributed by atoms with Crippen LogP contribution in [0.5, 0.6) is 0 Å². The first-order valence-electron chi connectivity index (χ1n) is 2.24. The molecule has 0 fully saturated rings. The summed E-state index contributed by atoms with van der Waals surface area (Å²) in [6.45, 7) is 1.75. The number of alkyl halides is 1. The van der Waals surface area contributed by atoms with Crippen LogP contribution < -0.4 is 0 Å². The van der Waals surface area contributed by atoms with Crippen molar-refractivity contribution in [3.8, 4) is 0 Å². The van der Waals surface area contributed by atoms with E-state index in [1.807, 2.05) is 0 Å². The molecule has 0 aromatic carbocycles. The normalized spacial score (nSPS) is 16.8. The summed E-state index contributed by atoms with van der Waals surface area (Å²) in [6.07, 6.45) is 0. The molecule has 2 N–H and O–H groups in total. The zero-order valence-electron chi connectivity index (χ0n) is 4.74. The number of hydrogen-bond donors (Lipinski definition) is 2. The maximum atomic E-state index is 9.94. The van der Waals surface area contributed by atoms with Crippen molar-refractivity contribution in [1.82, 2.24) is 0 Å². The number of aliphatic hydroxyl groups is 1. The van der Waals surface area contributed by atoms with Gasteiger partial charge in [-0.05, 0) is 6.92 Å². The largest absolute Gasteiger partial charge is 0.479 e. The van der Waals surface area contributed by atoms with Crippen molar-refractivity contribution in [2.75, 3.05) is 0 Å². The molecule has 9 heavy (non-hydrogen) atoms. The van der Waals surface area contributed by atoms with E-state index in [-0.39, 0.29) is 4.16 Å². The number of rotatable bonds is 3. The lowest BCUT2D eigenvalue weighted by Gasteiger charge is -2.05. The summed E-state index contributed by atoms with van der Waals surface area (Å²) in [6, 6.07) is 0. The van der Waals surface area contributed by atoms with Crippen molar-refractivity contribution in [2.24, 2.45) is 0 Å². The minimum atomic E-state index is -1.32. The fourth-order valence-electron chi connectivity index (χ4n) is 0.236. The maximum Gasteiger partial charge on any atom is 0.343 e. The molecule has 0 rings (SSSR count). The molecule has 0 aromatic heterocycles. The minimum absolute atomic E-state index is 0.0383. The van der Waals surface area contributed by atoms with Crippen molar-refractivity contribution in [3.05, 3.63) is 0 Å². The average molecular weight is 215 g/mol. The smallest absolute Gasteiger partial charge is 0.343 e. The summed E-state index contributed by atoms with van der Waals surface area (Å²) in [4.78, 5) is 9.94. The minimum Gasteiger partial charge on any atom is -0.479 e. The molecule has 0 saturated carbocycles. The number of thioether (sulfide) groups is 1. The quantitative estimate of drug-likeness (QED) is 0.541. The molecule has 0 radical (unpaired) electrons. The Morgan fingerprint density at radius 1 is 1.78 bits per heavy atom. The van der Waals surface area contributed by atoms with Crippen LogP contribution in [0.3, 0.4) is 0 Å². The standard InChI is InChI=1S/C4H7BrO3S/c1-2(5)9-4(8)3(6)7/h2,4,8H,1H3,(H,6,7). The van der Waals surface area contributed by atoms with Crippen LogP contribution in [0.1, 0.15) is 6.92 Å². The van der Waals surface area contributed by atoms with E-state index in [0.717, 1.165) is 11.8 Å². The van der Waals surface area contributed by atoms with Crippen molar-refractivity contribution in [2.45, 2.75) is 16.5 Å². The molecule has 54 valence electrons. The highest BCUT2D eigenvalue weighted by atomic mass is 79.9. The highest BCUT2D eigenvalue weighted by Crippen LogP contribution is 2.20. The summed E-state index contributed by atoms with van der Waals surface area (Å²) in [7, 11) is 0.